The van der Waals surface area contributed by atoms with Crippen molar-refractivity contribution in [3.8, 4) is 0 Å². The molecule has 0 aliphatic heterocycles. The van der Waals surface area contributed by atoms with Gasteiger partial charge in [0, 0.05) is 19.8 Å². The van der Waals surface area contributed by atoms with Crippen molar-refractivity contribution in [2.45, 2.75) is 13.3 Å². The number of hydrogen-bond donors (Lipinski definition) is 0. The topological polar surface area (TPSA) is 55.3 Å². The van der Waals surface area contributed by atoms with Gasteiger partial charge in [0.2, 0.25) is 0 Å². The minimum absolute atomic E-state index is 0.187. The van der Waals surface area contributed by atoms with Crippen LogP contribution < -0.4 is 4.90 Å². The van der Waals surface area contributed by atoms with E-state index in [1.165, 1.54) is 0 Å². The summed E-state index contributed by atoms with van der Waals surface area (Å²) in [6.07, 6.45) is 1.98. The number of carbonyl (C=O) groups is 1. The van der Waals surface area contributed by atoms with E-state index in [9.17, 15) is 4.79 Å². The summed E-state index contributed by atoms with van der Waals surface area (Å²) in [5.74, 6) is 0.565. The zero-order chi connectivity index (χ0) is 11.1. The molecular formula is C10H15N3O2. The molecule has 82 valence electrons. The van der Waals surface area contributed by atoms with Crippen LogP contribution in [0.1, 0.15) is 13.3 Å². The lowest BCUT2D eigenvalue weighted by molar-refractivity contribution is -0.142. The highest BCUT2D eigenvalue weighted by Gasteiger charge is 2.06. The summed E-state index contributed by atoms with van der Waals surface area (Å²) < 4.78 is 4.83. The van der Waals surface area contributed by atoms with Gasteiger partial charge < -0.3 is 9.64 Å². The van der Waals surface area contributed by atoms with E-state index in [4.69, 9.17) is 4.74 Å². The van der Waals surface area contributed by atoms with Crippen molar-refractivity contribution in [3.63, 3.8) is 0 Å². The van der Waals surface area contributed by atoms with Crippen LogP contribution in [0.25, 0.3) is 0 Å². The zero-order valence-electron chi connectivity index (χ0n) is 9.01. The van der Waals surface area contributed by atoms with Gasteiger partial charge in [0.05, 0.1) is 13.0 Å². The van der Waals surface area contributed by atoms with E-state index in [-0.39, 0.29) is 5.97 Å². The van der Waals surface area contributed by atoms with Crippen LogP contribution in [-0.4, -0.2) is 36.4 Å². The van der Waals surface area contributed by atoms with Gasteiger partial charge in [-0.2, -0.15) is 5.10 Å². The van der Waals surface area contributed by atoms with Crippen molar-refractivity contribution < 1.29 is 9.53 Å². The Labute approximate surface area is 89.1 Å². The number of aromatic nitrogens is 2. The Morgan fingerprint density at radius 3 is 3.00 bits per heavy atom. The van der Waals surface area contributed by atoms with Gasteiger partial charge in [-0.25, -0.2) is 0 Å². The van der Waals surface area contributed by atoms with Crippen molar-refractivity contribution >= 4 is 11.8 Å². The number of anilines is 1. The summed E-state index contributed by atoms with van der Waals surface area (Å²) in [5.41, 5.74) is 0. The van der Waals surface area contributed by atoms with Gasteiger partial charge in [-0.3, -0.25) is 4.79 Å². The van der Waals surface area contributed by atoms with Gasteiger partial charge in [0.1, 0.15) is 0 Å². The van der Waals surface area contributed by atoms with Crippen LogP contribution in [-0.2, 0) is 9.53 Å². The lowest BCUT2D eigenvalue weighted by Gasteiger charge is -2.16. The number of hydrogen-bond acceptors (Lipinski definition) is 5. The minimum atomic E-state index is -0.187. The van der Waals surface area contributed by atoms with Gasteiger partial charge >= 0.3 is 5.97 Å². The summed E-state index contributed by atoms with van der Waals surface area (Å²) in [4.78, 5) is 13.0. The van der Waals surface area contributed by atoms with Crippen LogP contribution in [0.2, 0.25) is 0 Å². The molecule has 0 aliphatic carbocycles. The van der Waals surface area contributed by atoms with Crippen molar-refractivity contribution in [2.24, 2.45) is 0 Å². The fraction of sp³-hybridized carbons (Fsp3) is 0.500. The summed E-state index contributed by atoms with van der Waals surface area (Å²) in [7, 11) is 1.86. The first-order valence-corrected chi connectivity index (χ1v) is 4.88. The smallest absolute Gasteiger partial charge is 0.307 e. The van der Waals surface area contributed by atoms with Crippen molar-refractivity contribution in [2.75, 3.05) is 25.1 Å². The second kappa shape index (κ2) is 5.95. The molecule has 0 N–H and O–H groups in total. The Balaban J connectivity index is 2.37. The quantitative estimate of drug-likeness (QED) is 0.673. The van der Waals surface area contributed by atoms with E-state index in [2.05, 4.69) is 10.2 Å². The minimum Gasteiger partial charge on any atom is -0.466 e. The molecule has 5 heteroatoms. The van der Waals surface area contributed by atoms with Crippen molar-refractivity contribution in [1.29, 1.82) is 0 Å². The van der Waals surface area contributed by atoms with Crippen LogP contribution in [0.5, 0.6) is 0 Å². The molecule has 1 aromatic heterocycles. The molecule has 5 nitrogen and oxygen atoms in total. The summed E-state index contributed by atoms with van der Waals surface area (Å²) >= 11 is 0. The van der Waals surface area contributed by atoms with E-state index in [1.807, 2.05) is 24.1 Å². The SMILES string of the molecule is CCOC(=O)CCN(C)c1cccnn1. The van der Waals surface area contributed by atoms with Crippen LogP contribution in [0.3, 0.4) is 0 Å². The number of carbonyl (C=O) groups excluding carboxylic acids is 1. The van der Waals surface area contributed by atoms with Crippen LogP contribution >= 0.6 is 0 Å². The van der Waals surface area contributed by atoms with E-state index in [1.54, 1.807) is 13.1 Å². The Morgan fingerprint density at radius 2 is 2.40 bits per heavy atom. The summed E-state index contributed by atoms with van der Waals surface area (Å²) in [6, 6.07) is 3.65. The maximum Gasteiger partial charge on any atom is 0.307 e. The number of nitrogens with zero attached hydrogens (tertiary/aromatic N) is 3. The molecule has 0 spiro atoms. The molecule has 0 bridgehead atoms. The number of rotatable bonds is 5. The van der Waals surface area contributed by atoms with Crippen LogP contribution in [0, 0.1) is 0 Å². The van der Waals surface area contributed by atoms with E-state index in [0.29, 0.717) is 19.6 Å². The fourth-order valence-corrected chi connectivity index (χ4v) is 1.10. The first kappa shape index (κ1) is 11.4. The Kier molecular flexibility index (Phi) is 4.53. The molecule has 1 aromatic rings. The lowest BCUT2D eigenvalue weighted by Crippen LogP contribution is -2.23. The molecule has 0 fully saturated rings. The normalized spacial score (nSPS) is 9.73. The third kappa shape index (κ3) is 3.93. The largest absolute Gasteiger partial charge is 0.466 e. The average Bonchev–Trinajstić information content (AvgIpc) is 2.27. The van der Waals surface area contributed by atoms with E-state index in [0.717, 1.165) is 5.82 Å². The van der Waals surface area contributed by atoms with E-state index < -0.39 is 0 Å². The molecule has 0 saturated heterocycles. The molecule has 15 heavy (non-hydrogen) atoms. The van der Waals surface area contributed by atoms with Crippen LogP contribution in [0.15, 0.2) is 18.3 Å². The second-order valence-electron chi connectivity index (χ2n) is 3.06. The first-order valence-electron chi connectivity index (χ1n) is 4.88. The summed E-state index contributed by atoms with van der Waals surface area (Å²) in [6.45, 7) is 2.80. The molecule has 0 atom stereocenters. The molecule has 0 aromatic carbocycles. The molecule has 1 heterocycles. The Hall–Kier alpha value is -1.65. The van der Waals surface area contributed by atoms with Gasteiger partial charge in [-0.15, -0.1) is 5.10 Å². The standard InChI is InChI=1S/C10H15N3O2/c1-3-15-10(14)6-8-13(2)9-5-4-7-11-12-9/h4-5,7H,3,6,8H2,1-2H3. The van der Waals surface area contributed by atoms with Gasteiger partial charge in [0.25, 0.3) is 0 Å². The second-order valence-corrected chi connectivity index (χ2v) is 3.06. The zero-order valence-corrected chi connectivity index (χ0v) is 9.01. The number of ether oxygens (including phenoxy) is 1. The predicted octanol–water partition coefficient (Wildman–Crippen LogP) is 0.866. The monoisotopic (exact) mass is 209 g/mol. The Morgan fingerprint density at radius 1 is 1.60 bits per heavy atom. The molecule has 1 rings (SSSR count). The highest BCUT2D eigenvalue weighted by atomic mass is 16.5. The first-order chi connectivity index (χ1) is 7.24. The van der Waals surface area contributed by atoms with Crippen LogP contribution in [0.4, 0.5) is 5.82 Å². The van der Waals surface area contributed by atoms with E-state index >= 15 is 0 Å². The maximum atomic E-state index is 11.1. The molecule has 0 unspecified atom stereocenters. The Bertz CT molecular complexity index is 303. The average molecular weight is 209 g/mol. The fourth-order valence-electron chi connectivity index (χ4n) is 1.10. The van der Waals surface area contributed by atoms with Gasteiger partial charge in [0.15, 0.2) is 5.82 Å². The highest BCUT2D eigenvalue weighted by molar-refractivity contribution is 5.70. The van der Waals surface area contributed by atoms with Gasteiger partial charge in [-0.1, -0.05) is 0 Å². The highest BCUT2D eigenvalue weighted by Crippen LogP contribution is 2.05. The van der Waals surface area contributed by atoms with Crippen molar-refractivity contribution in [1.82, 2.24) is 10.2 Å². The molecule has 0 saturated carbocycles. The van der Waals surface area contributed by atoms with Crippen molar-refractivity contribution in [3.05, 3.63) is 18.3 Å². The summed E-state index contributed by atoms with van der Waals surface area (Å²) in [5, 5.41) is 7.69. The maximum absolute atomic E-state index is 11.1. The van der Waals surface area contributed by atoms with Gasteiger partial charge in [-0.05, 0) is 19.1 Å². The molecule has 0 radical (unpaired) electrons. The molecule has 0 aliphatic rings. The third-order valence-corrected chi connectivity index (χ3v) is 1.91. The number of esters is 1. The predicted molar refractivity (Wildman–Crippen MR) is 56.6 cm³/mol. The third-order valence-electron chi connectivity index (χ3n) is 1.91. The molecule has 0 amide bonds. The lowest BCUT2D eigenvalue weighted by atomic mass is 10.4. The molecular weight excluding hydrogens is 194 g/mol.